The maximum absolute atomic E-state index is 10.9. The number of hydrogen-bond donors (Lipinski definition) is 1. The van der Waals surface area contributed by atoms with Crippen molar-refractivity contribution in [3.63, 3.8) is 0 Å². The molecule has 0 aliphatic carbocycles. The molecule has 1 aromatic heterocycles. The van der Waals surface area contributed by atoms with Crippen LogP contribution in [0.3, 0.4) is 0 Å². The molecule has 2 heterocycles. The van der Waals surface area contributed by atoms with Crippen molar-refractivity contribution >= 4 is 11.5 Å². The molecule has 0 radical (unpaired) electrons. The first kappa shape index (κ1) is 12.9. The van der Waals surface area contributed by atoms with Crippen LogP contribution in [0.1, 0.15) is 5.56 Å². The molecule has 1 aromatic carbocycles. The summed E-state index contributed by atoms with van der Waals surface area (Å²) in [4.78, 5) is 17.6. The highest BCUT2D eigenvalue weighted by Crippen LogP contribution is 2.33. The summed E-state index contributed by atoms with van der Waals surface area (Å²) in [5.74, 6) is 0.838. The maximum Gasteiger partial charge on any atom is 0.372 e. The van der Waals surface area contributed by atoms with Gasteiger partial charge in [0.05, 0.1) is 4.92 Å². The quantitative estimate of drug-likeness (QED) is 0.659. The van der Waals surface area contributed by atoms with Crippen LogP contribution in [0.25, 0.3) is 0 Å². The van der Waals surface area contributed by atoms with Crippen LogP contribution in [0.2, 0.25) is 0 Å². The van der Waals surface area contributed by atoms with Crippen LogP contribution in [0, 0.1) is 10.1 Å². The Labute approximate surface area is 118 Å². The number of benzene rings is 1. The molecule has 0 saturated carbocycles. The summed E-state index contributed by atoms with van der Waals surface area (Å²) >= 11 is 0. The van der Waals surface area contributed by atoms with E-state index >= 15 is 0 Å². The Balaban J connectivity index is 1.79. The number of hydrogen-bond acceptors (Lipinski definition) is 8. The standard InChI is InChI=1S/C12H10N4O5/c13-11-10(16(17)18)12(15-5-14-11)19-4-7-1-2-8-9(3-7)21-6-20-8/h1-3,5H,4,6H2,(H2,13,14,15). The molecule has 0 fully saturated rings. The number of rotatable bonds is 4. The molecule has 9 heteroatoms. The number of nitrogens with two attached hydrogens (primary N) is 1. The Kier molecular flexibility index (Phi) is 3.14. The predicted molar refractivity (Wildman–Crippen MR) is 70.0 cm³/mol. The highest BCUT2D eigenvalue weighted by Gasteiger charge is 2.22. The second-order valence-corrected chi connectivity index (χ2v) is 4.15. The summed E-state index contributed by atoms with van der Waals surface area (Å²) in [7, 11) is 0. The molecule has 0 unspecified atom stereocenters. The molecule has 0 saturated heterocycles. The van der Waals surface area contributed by atoms with Crippen molar-refractivity contribution in [1.82, 2.24) is 9.97 Å². The van der Waals surface area contributed by atoms with E-state index in [1.807, 2.05) is 0 Å². The molecule has 21 heavy (non-hydrogen) atoms. The molecule has 2 aromatic rings. The van der Waals surface area contributed by atoms with E-state index in [2.05, 4.69) is 9.97 Å². The first-order valence-corrected chi connectivity index (χ1v) is 5.91. The fraction of sp³-hybridized carbons (Fsp3) is 0.167. The molecule has 0 amide bonds. The fourth-order valence-electron chi connectivity index (χ4n) is 1.84. The zero-order valence-electron chi connectivity index (χ0n) is 10.7. The van der Waals surface area contributed by atoms with Crippen molar-refractivity contribution in [2.24, 2.45) is 0 Å². The van der Waals surface area contributed by atoms with Crippen molar-refractivity contribution < 1.29 is 19.1 Å². The summed E-state index contributed by atoms with van der Waals surface area (Å²) in [6.45, 7) is 0.251. The van der Waals surface area contributed by atoms with Gasteiger partial charge in [0, 0.05) is 0 Å². The van der Waals surface area contributed by atoms with Crippen LogP contribution >= 0.6 is 0 Å². The van der Waals surface area contributed by atoms with Gasteiger partial charge in [-0.3, -0.25) is 10.1 Å². The summed E-state index contributed by atoms with van der Waals surface area (Å²) in [5.41, 5.74) is 5.76. The lowest BCUT2D eigenvalue weighted by molar-refractivity contribution is -0.385. The molecular weight excluding hydrogens is 280 g/mol. The average molecular weight is 290 g/mol. The van der Waals surface area contributed by atoms with Gasteiger partial charge in [-0.05, 0) is 17.7 Å². The molecule has 0 spiro atoms. The monoisotopic (exact) mass is 290 g/mol. The number of anilines is 1. The smallest absolute Gasteiger partial charge is 0.372 e. The van der Waals surface area contributed by atoms with Gasteiger partial charge in [-0.15, -0.1) is 0 Å². The van der Waals surface area contributed by atoms with Gasteiger partial charge in [0.1, 0.15) is 12.9 Å². The van der Waals surface area contributed by atoms with E-state index in [1.54, 1.807) is 18.2 Å². The number of nitrogens with zero attached hydrogens (tertiary/aromatic N) is 3. The first-order chi connectivity index (χ1) is 10.1. The number of aromatic nitrogens is 2. The topological polar surface area (TPSA) is 123 Å². The minimum atomic E-state index is -0.676. The molecule has 1 aliphatic rings. The normalized spacial score (nSPS) is 12.2. The Morgan fingerprint density at radius 1 is 1.33 bits per heavy atom. The molecule has 3 rings (SSSR count). The van der Waals surface area contributed by atoms with Gasteiger partial charge >= 0.3 is 5.69 Å². The van der Waals surface area contributed by atoms with Crippen LogP contribution in [-0.4, -0.2) is 21.7 Å². The largest absolute Gasteiger partial charge is 0.468 e. The van der Waals surface area contributed by atoms with E-state index in [1.165, 1.54) is 0 Å². The van der Waals surface area contributed by atoms with Gasteiger partial charge in [0.2, 0.25) is 12.6 Å². The number of nitro groups is 1. The maximum atomic E-state index is 10.9. The Bertz CT molecular complexity index is 706. The SMILES string of the molecule is Nc1ncnc(OCc2ccc3c(c2)OCO3)c1[N+](=O)[O-]. The third-order valence-electron chi connectivity index (χ3n) is 2.81. The molecule has 9 nitrogen and oxygen atoms in total. The van der Waals surface area contributed by atoms with Crippen molar-refractivity contribution in [3.05, 3.63) is 40.2 Å². The van der Waals surface area contributed by atoms with E-state index in [0.717, 1.165) is 11.9 Å². The van der Waals surface area contributed by atoms with Crippen LogP contribution in [0.4, 0.5) is 11.5 Å². The van der Waals surface area contributed by atoms with Gasteiger partial charge in [0.25, 0.3) is 5.88 Å². The van der Waals surface area contributed by atoms with Gasteiger partial charge in [-0.2, -0.15) is 4.98 Å². The average Bonchev–Trinajstić information content (AvgIpc) is 2.92. The lowest BCUT2D eigenvalue weighted by atomic mass is 10.2. The second kappa shape index (κ2) is 5.12. The zero-order chi connectivity index (χ0) is 14.8. The highest BCUT2D eigenvalue weighted by molar-refractivity contribution is 5.58. The molecule has 0 bridgehead atoms. The van der Waals surface area contributed by atoms with E-state index in [0.29, 0.717) is 11.5 Å². The third-order valence-corrected chi connectivity index (χ3v) is 2.81. The zero-order valence-corrected chi connectivity index (χ0v) is 10.7. The third kappa shape index (κ3) is 2.48. The van der Waals surface area contributed by atoms with E-state index < -0.39 is 10.6 Å². The van der Waals surface area contributed by atoms with Crippen molar-refractivity contribution in [1.29, 1.82) is 0 Å². The van der Waals surface area contributed by atoms with Gasteiger partial charge in [-0.1, -0.05) is 6.07 Å². The molecular formula is C12H10N4O5. The summed E-state index contributed by atoms with van der Waals surface area (Å²) in [6.07, 6.45) is 1.11. The van der Waals surface area contributed by atoms with Crippen LogP contribution < -0.4 is 19.9 Å². The Morgan fingerprint density at radius 2 is 2.14 bits per heavy atom. The van der Waals surface area contributed by atoms with Crippen LogP contribution in [0.5, 0.6) is 17.4 Å². The lowest BCUT2D eigenvalue weighted by Gasteiger charge is -2.07. The van der Waals surface area contributed by atoms with E-state index in [-0.39, 0.29) is 25.1 Å². The van der Waals surface area contributed by atoms with Crippen molar-refractivity contribution in [2.45, 2.75) is 6.61 Å². The number of nitrogen functional groups attached to an aromatic ring is 1. The Hall–Kier alpha value is -3.10. The number of fused-ring (bicyclic) bond motifs is 1. The summed E-state index contributed by atoms with van der Waals surface area (Å²) in [6, 6.07) is 5.24. The summed E-state index contributed by atoms with van der Waals surface area (Å²) in [5, 5.41) is 10.9. The van der Waals surface area contributed by atoms with Gasteiger partial charge in [0.15, 0.2) is 11.5 Å². The molecule has 0 atom stereocenters. The van der Waals surface area contributed by atoms with Crippen LogP contribution in [0.15, 0.2) is 24.5 Å². The fourth-order valence-corrected chi connectivity index (χ4v) is 1.84. The van der Waals surface area contributed by atoms with Crippen molar-refractivity contribution in [3.8, 4) is 17.4 Å². The second-order valence-electron chi connectivity index (χ2n) is 4.15. The van der Waals surface area contributed by atoms with Gasteiger partial charge < -0.3 is 19.9 Å². The molecule has 1 aliphatic heterocycles. The highest BCUT2D eigenvalue weighted by atomic mass is 16.7. The van der Waals surface area contributed by atoms with E-state index in [9.17, 15) is 10.1 Å². The summed E-state index contributed by atoms with van der Waals surface area (Å²) < 4.78 is 15.8. The first-order valence-electron chi connectivity index (χ1n) is 5.91. The van der Waals surface area contributed by atoms with Crippen molar-refractivity contribution in [2.75, 3.05) is 12.5 Å². The van der Waals surface area contributed by atoms with Gasteiger partial charge in [-0.25, -0.2) is 4.98 Å². The molecule has 2 N–H and O–H groups in total. The minimum absolute atomic E-state index is 0.0773. The van der Waals surface area contributed by atoms with Crippen LogP contribution in [-0.2, 0) is 6.61 Å². The molecule has 108 valence electrons. The van der Waals surface area contributed by atoms with E-state index in [4.69, 9.17) is 19.9 Å². The predicted octanol–water partition coefficient (Wildman–Crippen LogP) is 1.27. The minimum Gasteiger partial charge on any atom is -0.468 e. The Morgan fingerprint density at radius 3 is 2.95 bits per heavy atom. The lowest BCUT2D eigenvalue weighted by Crippen LogP contribution is -2.05. The number of ether oxygens (including phenoxy) is 3.